The van der Waals surface area contributed by atoms with Gasteiger partial charge in [-0.05, 0) is 36.2 Å². The maximum absolute atomic E-state index is 13.5. The second-order valence-corrected chi connectivity index (χ2v) is 7.20. The normalized spacial score (nSPS) is 13.9. The Balaban J connectivity index is 1.46. The van der Waals surface area contributed by atoms with Crippen LogP contribution in [0.2, 0.25) is 0 Å². The molecule has 2 aromatic carbocycles. The highest BCUT2D eigenvalue weighted by Crippen LogP contribution is 2.22. The summed E-state index contributed by atoms with van der Waals surface area (Å²) in [6.45, 7) is 1.21. The summed E-state index contributed by atoms with van der Waals surface area (Å²) in [7, 11) is 0. The lowest BCUT2D eigenvalue weighted by atomic mass is 10.1. The molecule has 0 saturated carbocycles. The van der Waals surface area contributed by atoms with E-state index < -0.39 is 0 Å². The molecule has 136 valence electrons. The van der Waals surface area contributed by atoms with Crippen molar-refractivity contribution in [1.82, 2.24) is 5.32 Å². The number of halogens is 1. The second-order valence-electron chi connectivity index (χ2n) is 6.10. The Morgan fingerprint density at radius 1 is 1.19 bits per heavy atom. The first-order chi connectivity index (χ1) is 12.6. The van der Waals surface area contributed by atoms with Crippen LogP contribution in [0.4, 0.5) is 10.1 Å². The zero-order valence-corrected chi connectivity index (χ0v) is 15.2. The number of nitrogens with one attached hydrogen (secondary N) is 1. The lowest BCUT2D eigenvalue weighted by molar-refractivity contribution is -0.117. The summed E-state index contributed by atoms with van der Waals surface area (Å²) in [5, 5.41) is 2.87. The van der Waals surface area contributed by atoms with Gasteiger partial charge in [-0.2, -0.15) is 11.8 Å². The molecule has 4 nitrogen and oxygen atoms in total. The van der Waals surface area contributed by atoms with Gasteiger partial charge in [0.2, 0.25) is 5.91 Å². The average molecular weight is 372 g/mol. The molecule has 1 aliphatic heterocycles. The Labute approximate surface area is 156 Å². The van der Waals surface area contributed by atoms with E-state index in [1.165, 1.54) is 6.07 Å². The molecule has 0 atom stereocenters. The smallest absolute Gasteiger partial charge is 0.251 e. The summed E-state index contributed by atoms with van der Waals surface area (Å²) >= 11 is 1.57. The number of anilines is 1. The number of nitrogens with zero attached hydrogens (tertiary/aromatic N) is 1. The average Bonchev–Trinajstić information content (AvgIpc) is 3.09. The van der Waals surface area contributed by atoms with Gasteiger partial charge < -0.3 is 10.2 Å². The third kappa shape index (κ3) is 4.64. The molecule has 2 amide bonds. The number of amides is 2. The van der Waals surface area contributed by atoms with E-state index in [-0.39, 0.29) is 17.6 Å². The van der Waals surface area contributed by atoms with E-state index in [0.29, 0.717) is 42.1 Å². The van der Waals surface area contributed by atoms with E-state index >= 15 is 0 Å². The molecule has 0 aliphatic carbocycles. The second kappa shape index (κ2) is 8.85. The maximum Gasteiger partial charge on any atom is 0.251 e. The fraction of sp³-hybridized carbons (Fsp3) is 0.300. The third-order valence-corrected chi connectivity index (χ3v) is 5.25. The van der Waals surface area contributed by atoms with Crippen molar-refractivity contribution in [1.29, 1.82) is 0 Å². The van der Waals surface area contributed by atoms with Crippen molar-refractivity contribution in [2.45, 2.75) is 18.6 Å². The molecule has 1 N–H and O–H groups in total. The molecule has 1 saturated heterocycles. The van der Waals surface area contributed by atoms with E-state index in [1.807, 2.05) is 12.1 Å². The number of hydrogen-bond acceptors (Lipinski definition) is 3. The van der Waals surface area contributed by atoms with Crippen molar-refractivity contribution >= 4 is 29.3 Å². The Hall–Kier alpha value is -2.34. The number of thioether (sulfide) groups is 1. The van der Waals surface area contributed by atoms with Crippen LogP contribution in [0.1, 0.15) is 28.8 Å². The minimum Gasteiger partial charge on any atom is -0.351 e. The van der Waals surface area contributed by atoms with Crippen molar-refractivity contribution in [3.05, 3.63) is 65.5 Å². The van der Waals surface area contributed by atoms with Gasteiger partial charge in [-0.25, -0.2) is 4.39 Å². The molecule has 1 aliphatic rings. The quantitative estimate of drug-likeness (QED) is 0.756. The van der Waals surface area contributed by atoms with E-state index in [4.69, 9.17) is 0 Å². The van der Waals surface area contributed by atoms with Crippen LogP contribution >= 0.6 is 11.8 Å². The van der Waals surface area contributed by atoms with Gasteiger partial charge in [-0.1, -0.05) is 24.3 Å². The predicted molar refractivity (Wildman–Crippen MR) is 103 cm³/mol. The van der Waals surface area contributed by atoms with Gasteiger partial charge in [-0.15, -0.1) is 0 Å². The Morgan fingerprint density at radius 3 is 2.81 bits per heavy atom. The first-order valence-electron chi connectivity index (χ1n) is 8.65. The molecule has 1 heterocycles. The number of benzene rings is 2. The number of rotatable bonds is 7. The molecule has 0 radical (unpaired) electrons. The largest absolute Gasteiger partial charge is 0.351 e. The van der Waals surface area contributed by atoms with Gasteiger partial charge in [0.15, 0.2) is 0 Å². The highest BCUT2D eigenvalue weighted by atomic mass is 32.2. The molecule has 3 rings (SSSR count). The van der Waals surface area contributed by atoms with Crippen molar-refractivity contribution in [3.8, 4) is 0 Å². The third-order valence-electron chi connectivity index (χ3n) is 4.24. The van der Waals surface area contributed by atoms with E-state index in [0.717, 1.165) is 12.1 Å². The highest BCUT2D eigenvalue weighted by molar-refractivity contribution is 7.98. The Morgan fingerprint density at radius 2 is 2.04 bits per heavy atom. The van der Waals surface area contributed by atoms with Crippen LogP contribution in [0.25, 0.3) is 0 Å². The predicted octanol–water partition coefficient (Wildman–Crippen LogP) is 3.62. The number of carbonyl (C=O) groups is 2. The summed E-state index contributed by atoms with van der Waals surface area (Å²) < 4.78 is 13.5. The lowest BCUT2D eigenvalue weighted by Gasteiger charge is -2.16. The van der Waals surface area contributed by atoms with Gasteiger partial charge in [0.05, 0.1) is 0 Å². The summed E-state index contributed by atoms with van der Waals surface area (Å²) in [5.41, 5.74) is 1.99. The zero-order valence-electron chi connectivity index (χ0n) is 14.4. The standard InChI is InChI=1S/C20H21FN2O2S/c21-18-8-2-1-5-16(18)14-26-12-10-22-20(25)15-6-3-7-17(13-15)23-11-4-9-19(23)24/h1-3,5-8,13H,4,9-12,14H2,(H,22,25). The van der Waals surface area contributed by atoms with Gasteiger partial charge in [-0.3, -0.25) is 9.59 Å². The minimum atomic E-state index is -0.197. The van der Waals surface area contributed by atoms with Crippen LogP contribution in [0, 0.1) is 5.82 Å². The molecular formula is C20H21FN2O2S. The summed E-state index contributed by atoms with van der Waals surface area (Å²) in [6, 6.07) is 13.9. The molecule has 2 aromatic rings. The van der Waals surface area contributed by atoms with Crippen LogP contribution in [-0.4, -0.2) is 30.7 Å². The molecule has 6 heteroatoms. The van der Waals surface area contributed by atoms with Crippen LogP contribution < -0.4 is 10.2 Å². The Bertz CT molecular complexity index is 797. The molecule has 0 aromatic heterocycles. The van der Waals surface area contributed by atoms with E-state index in [9.17, 15) is 14.0 Å². The topological polar surface area (TPSA) is 49.4 Å². The Kier molecular flexibility index (Phi) is 6.28. The summed E-state index contributed by atoms with van der Waals surface area (Å²) in [4.78, 5) is 25.9. The molecule has 1 fully saturated rings. The summed E-state index contributed by atoms with van der Waals surface area (Å²) in [5.74, 6) is 1.02. The summed E-state index contributed by atoms with van der Waals surface area (Å²) in [6.07, 6.45) is 1.42. The lowest BCUT2D eigenvalue weighted by Crippen LogP contribution is -2.27. The van der Waals surface area contributed by atoms with Crippen molar-refractivity contribution in [3.63, 3.8) is 0 Å². The van der Waals surface area contributed by atoms with Crippen LogP contribution in [0.5, 0.6) is 0 Å². The molecule has 26 heavy (non-hydrogen) atoms. The molecular weight excluding hydrogens is 351 g/mol. The van der Waals surface area contributed by atoms with E-state index in [1.54, 1.807) is 47.0 Å². The van der Waals surface area contributed by atoms with Crippen LogP contribution in [0.15, 0.2) is 48.5 Å². The highest BCUT2D eigenvalue weighted by Gasteiger charge is 2.22. The first-order valence-corrected chi connectivity index (χ1v) is 9.80. The molecule has 0 bridgehead atoms. The first kappa shape index (κ1) is 18.5. The minimum absolute atomic E-state index is 0.104. The fourth-order valence-electron chi connectivity index (χ4n) is 2.87. The molecule has 0 spiro atoms. The van der Waals surface area contributed by atoms with Crippen molar-refractivity contribution in [2.24, 2.45) is 0 Å². The van der Waals surface area contributed by atoms with Crippen molar-refractivity contribution in [2.75, 3.05) is 23.7 Å². The maximum atomic E-state index is 13.5. The molecule has 0 unspecified atom stereocenters. The zero-order chi connectivity index (χ0) is 18.4. The van der Waals surface area contributed by atoms with Gasteiger partial charge in [0.1, 0.15) is 5.82 Å². The van der Waals surface area contributed by atoms with Gasteiger partial charge in [0, 0.05) is 42.3 Å². The van der Waals surface area contributed by atoms with Gasteiger partial charge >= 0.3 is 0 Å². The van der Waals surface area contributed by atoms with Gasteiger partial charge in [0.25, 0.3) is 5.91 Å². The number of hydrogen-bond donors (Lipinski definition) is 1. The van der Waals surface area contributed by atoms with Crippen LogP contribution in [-0.2, 0) is 10.5 Å². The fourth-order valence-corrected chi connectivity index (χ4v) is 3.72. The van der Waals surface area contributed by atoms with Crippen molar-refractivity contribution < 1.29 is 14.0 Å². The monoisotopic (exact) mass is 372 g/mol. The van der Waals surface area contributed by atoms with E-state index in [2.05, 4.69) is 5.32 Å². The number of carbonyl (C=O) groups excluding carboxylic acids is 2. The van der Waals surface area contributed by atoms with Crippen LogP contribution in [0.3, 0.4) is 0 Å². The SMILES string of the molecule is O=C(NCCSCc1ccccc1F)c1cccc(N2CCCC2=O)c1.